The van der Waals surface area contributed by atoms with Crippen LogP contribution in [-0.2, 0) is 24.7 Å². The van der Waals surface area contributed by atoms with E-state index in [4.69, 9.17) is 0 Å². The van der Waals surface area contributed by atoms with Gasteiger partial charge in [-0.15, -0.1) is 0 Å². The van der Waals surface area contributed by atoms with Gasteiger partial charge >= 0.3 is 24.7 Å². The van der Waals surface area contributed by atoms with Crippen LogP contribution < -0.4 is 10.4 Å². The highest BCUT2D eigenvalue weighted by atomic mass is 19.4. The zero-order chi connectivity index (χ0) is 34.6. The van der Waals surface area contributed by atoms with Gasteiger partial charge in [0.15, 0.2) is 0 Å². The van der Waals surface area contributed by atoms with Gasteiger partial charge in [-0.1, -0.05) is 60.7 Å². The molecule has 0 amide bonds. The minimum absolute atomic E-state index is 0.0241. The maximum atomic E-state index is 13.8. The molecule has 0 radical (unpaired) electrons. The van der Waals surface area contributed by atoms with Gasteiger partial charge in [0.1, 0.15) is 0 Å². The first-order valence-corrected chi connectivity index (χ1v) is 14.0. The second-order valence-electron chi connectivity index (χ2n) is 11.3. The Balaban J connectivity index is 1.62. The fourth-order valence-electron chi connectivity index (χ4n) is 6.53. The second-order valence-corrected chi connectivity index (χ2v) is 11.3. The van der Waals surface area contributed by atoms with E-state index >= 15 is 0 Å². The molecule has 244 valence electrons. The van der Waals surface area contributed by atoms with E-state index in [-0.39, 0.29) is 44.8 Å². The molecular weight excluding hydrogens is 660 g/mol. The predicted molar refractivity (Wildman–Crippen MR) is 153 cm³/mol. The van der Waals surface area contributed by atoms with Crippen LogP contribution in [0.1, 0.15) is 44.5 Å². The van der Waals surface area contributed by atoms with E-state index in [9.17, 15) is 52.7 Å². The van der Waals surface area contributed by atoms with Crippen molar-refractivity contribution in [3.63, 3.8) is 0 Å². The number of alkyl halides is 12. The van der Waals surface area contributed by atoms with Gasteiger partial charge in [0.2, 0.25) is 0 Å². The Morgan fingerprint density at radius 3 is 0.854 bits per heavy atom. The summed E-state index contributed by atoms with van der Waals surface area (Å²) >= 11 is 0. The van der Waals surface area contributed by atoms with Crippen LogP contribution in [0.5, 0.6) is 0 Å². The molecule has 0 atom stereocenters. The van der Waals surface area contributed by atoms with Crippen LogP contribution in [-0.4, -0.2) is 0 Å². The largest absolute Gasteiger partial charge is 0.416 e. The minimum atomic E-state index is -5.11. The predicted octanol–water partition coefficient (Wildman–Crippen LogP) is 10.2. The van der Waals surface area contributed by atoms with Gasteiger partial charge in [-0.2, -0.15) is 52.7 Å². The lowest BCUT2D eigenvalue weighted by Crippen LogP contribution is -2.17. The molecule has 7 rings (SSSR count). The van der Waals surface area contributed by atoms with E-state index < -0.39 is 47.0 Å². The second kappa shape index (κ2) is 10.2. The van der Waals surface area contributed by atoms with Crippen LogP contribution >= 0.6 is 0 Å². The average molecular weight is 677 g/mol. The molecule has 0 bridgehead atoms. The molecule has 12 heteroatoms. The Bertz CT molecular complexity index is 2050. The molecule has 0 saturated heterocycles. The molecule has 0 nitrogen and oxygen atoms in total. The Kier molecular flexibility index (Phi) is 6.75. The first-order chi connectivity index (χ1) is 22.3. The van der Waals surface area contributed by atoms with Gasteiger partial charge in [-0.3, -0.25) is 0 Å². The normalized spacial score (nSPS) is 14.2. The number of fused-ring (bicyclic) bond motifs is 7. The molecule has 48 heavy (non-hydrogen) atoms. The zero-order valence-electron chi connectivity index (χ0n) is 23.8. The molecule has 0 aliphatic heterocycles. The number of hydrogen-bond acceptors (Lipinski definition) is 0. The molecular formula is C36H16F12. The van der Waals surface area contributed by atoms with Crippen molar-refractivity contribution in [1.82, 2.24) is 0 Å². The summed E-state index contributed by atoms with van der Waals surface area (Å²) in [5, 5.41) is 0.497. The van der Waals surface area contributed by atoms with Crippen LogP contribution in [0.3, 0.4) is 0 Å². The van der Waals surface area contributed by atoms with Crippen molar-refractivity contribution in [2.24, 2.45) is 0 Å². The van der Waals surface area contributed by atoms with Gasteiger partial charge in [0.05, 0.1) is 22.3 Å². The third-order valence-electron chi connectivity index (χ3n) is 8.43. The van der Waals surface area contributed by atoms with Gasteiger partial charge in [-0.05, 0) is 102 Å². The molecule has 0 unspecified atom stereocenters. The lowest BCUT2D eigenvalue weighted by molar-refractivity contribution is -0.144. The smallest absolute Gasteiger partial charge is 0.166 e. The highest BCUT2D eigenvalue weighted by Gasteiger charge is 2.40. The monoisotopic (exact) mass is 676 g/mol. The van der Waals surface area contributed by atoms with Crippen LogP contribution in [0.4, 0.5) is 52.7 Å². The van der Waals surface area contributed by atoms with Crippen molar-refractivity contribution in [3.05, 3.63) is 152 Å². The molecule has 0 N–H and O–H groups in total. The average Bonchev–Trinajstić information content (AvgIpc) is 3.52. The van der Waals surface area contributed by atoms with E-state index in [1.165, 1.54) is 24.3 Å². The highest BCUT2D eigenvalue weighted by molar-refractivity contribution is 6.06. The van der Waals surface area contributed by atoms with E-state index in [0.29, 0.717) is 57.6 Å². The topological polar surface area (TPSA) is 0 Å². The van der Waals surface area contributed by atoms with Gasteiger partial charge in [-0.25, -0.2) is 0 Å². The van der Waals surface area contributed by atoms with Crippen molar-refractivity contribution in [1.29, 1.82) is 0 Å². The highest BCUT2D eigenvalue weighted by Crippen LogP contribution is 2.47. The molecule has 5 aromatic rings. The number of halogens is 12. The van der Waals surface area contributed by atoms with E-state index in [1.54, 1.807) is 36.4 Å². The summed E-state index contributed by atoms with van der Waals surface area (Å²) in [7, 11) is 0. The van der Waals surface area contributed by atoms with Crippen LogP contribution in [0.25, 0.3) is 33.4 Å². The lowest BCUT2D eigenvalue weighted by atomic mass is 9.93. The fourth-order valence-corrected chi connectivity index (χ4v) is 6.53. The van der Waals surface area contributed by atoms with Crippen molar-refractivity contribution in [2.75, 3.05) is 0 Å². The van der Waals surface area contributed by atoms with E-state index in [2.05, 4.69) is 0 Å². The Morgan fingerprint density at radius 1 is 0.312 bits per heavy atom. The Hall–Kier alpha value is -5.00. The summed E-state index contributed by atoms with van der Waals surface area (Å²) in [6.07, 6.45) is -20.5. The van der Waals surface area contributed by atoms with Crippen LogP contribution in [0.15, 0.2) is 97.1 Å². The Labute approximate surface area is 262 Å². The van der Waals surface area contributed by atoms with Crippen molar-refractivity contribution >= 4 is 11.1 Å². The zero-order valence-corrected chi connectivity index (χ0v) is 23.8. The maximum Gasteiger partial charge on any atom is 0.416 e. The SMILES string of the molecule is FC(F)(F)c1cc(C2=c3ccc4c(c3-c3ccccc32)-c2ccccc2C=4c2cc(C(F)(F)F)cc(C(F)(F)F)c2)cc(C(F)(F)F)c1. The Morgan fingerprint density at radius 2 is 0.583 bits per heavy atom. The van der Waals surface area contributed by atoms with Crippen LogP contribution in [0.2, 0.25) is 0 Å². The standard InChI is InChI=1S/C36H16F12/c37-33(38,39)19-11-17(12-20(15-19)34(40,41)42)29-23-5-1-3-7-25(23)31-27(29)9-10-28-30(24-6-2-4-8-26(24)32(28)31)18-13-21(35(43,44)45)16-22(14-18)36(46,47)48/h1-16H. The maximum absolute atomic E-state index is 13.8. The molecule has 5 aromatic carbocycles. The van der Waals surface area contributed by atoms with Crippen molar-refractivity contribution in [3.8, 4) is 22.3 Å². The third-order valence-corrected chi connectivity index (χ3v) is 8.43. The summed E-state index contributed by atoms with van der Waals surface area (Å²) in [5.41, 5.74) is -4.50. The lowest BCUT2D eigenvalue weighted by Gasteiger charge is -2.15. The molecule has 0 fully saturated rings. The minimum Gasteiger partial charge on any atom is -0.166 e. The molecule has 2 aliphatic rings. The van der Waals surface area contributed by atoms with E-state index in [0.717, 1.165) is 0 Å². The first kappa shape index (κ1) is 31.6. The molecule has 2 aliphatic carbocycles. The first-order valence-electron chi connectivity index (χ1n) is 14.0. The van der Waals surface area contributed by atoms with Crippen LogP contribution in [0, 0.1) is 0 Å². The van der Waals surface area contributed by atoms with E-state index in [1.807, 2.05) is 0 Å². The summed E-state index contributed by atoms with van der Waals surface area (Å²) in [4.78, 5) is 0. The number of benzene rings is 5. The summed E-state index contributed by atoms with van der Waals surface area (Å²) in [5.74, 6) is 0. The van der Waals surface area contributed by atoms with Gasteiger partial charge < -0.3 is 0 Å². The summed E-state index contributed by atoms with van der Waals surface area (Å²) in [6.45, 7) is 0. The quantitative estimate of drug-likeness (QED) is 0.160. The molecule has 0 heterocycles. The molecule has 0 saturated carbocycles. The molecule has 0 aromatic heterocycles. The number of rotatable bonds is 2. The summed E-state index contributed by atoms with van der Waals surface area (Å²) in [6, 6.07) is 17.9. The summed E-state index contributed by atoms with van der Waals surface area (Å²) < 4.78 is 166. The van der Waals surface area contributed by atoms with Gasteiger partial charge in [0, 0.05) is 0 Å². The van der Waals surface area contributed by atoms with Gasteiger partial charge in [0.25, 0.3) is 0 Å². The molecule has 0 spiro atoms. The third kappa shape index (κ3) is 5.05. The van der Waals surface area contributed by atoms with Crippen molar-refractivity contribution < 1.29 is 52.7 Å². The fraction of sp³-hybridized carbons (Fsp3) is 0.111. The van der Waals surface area contributed by atoms with Crippen molar-refractivity contribution in [2.45, 2.75) is 24.7 Å². The number of hydrogen-bond donors (Lipinski definition) is 0.